The fourth-order valence-corrected chi connectivity index (χ4v) is 3.54. The molecule has 0 saturated carbocycles. The van der Waals surface area contributed by atoms with Crippen LogP contribution in [0.3, 0.4) is 0 Å². The highest BCUT2D eigenvalue weighted by Gasteiger charge is 2.14. The van der Waals surface area contributed by atoms with Gasteiger partial charge in [0.1, 0.15) is 11.0 Å². The predicted octanol–water partition coefficient (Wildman–Crippen LogP) is 3.09. The van der Waals surface area contributed by atoms with E-state index < -0.39 is 17.0 Å². The lowest BCUT2D eigenvalue weighted by Crippen LogP contribution is -2.29. The maximum absolute atomic E-state index is 12.7. The molecule has 0 aliphatic heterocycles. The summed E-state index contributed by atoms with van der Waals surface area (Å²) in [5.41, 5.74) is 1.92. The highest BCUT2D eigenvalue weighted by molar-refractivity contribution is 7.86. The van der Waals surface area contributed by atoms with Gasteiger partial charge in [0.05, 0.1) is 11.3 Å². The molecule has 29 heavy (non-hydrogen) atoms. The highest BCUT2D eigenvalue weighted by atomic mass is 32.2. The minimum absolute atomic E-state index is 0.0587. The van der Waals surface area contributed by atoms with Crippen molar-refractivity contribution in [3.8, 4) is 0 Å². The zero-order valence-corrected chi connectivity index (χ0v) is 17.2. The van der Waals surface area contributed by atoms with Gasteiger partial charge in [-0.1, -0.05) is 25.1 Å². The van der Waals surface area contributed by atoms with Gasteiger partial charge in [-0.3, -0.25) is 4.79 Å². The van der Waals surface area contributed by atoms with Crippen LogP contribution in [-0.4, -0.2) is 34.9 Å². The Morgan fingerprint density at radius 2 is 1.83 bits per heavy atom. The van der Waals surface area contributed by atoms with E-state index in [4.69, 9.17) is 5.11 Å². The molecule has 2 aromatic carbocycles. The lowest BCUT2D eigenvalue weighted by atomic mass is 10.0. The first-order valence-electron chi connectivity index (χ1n) is 9.25. The SMILES string of the molecule is CCCNC(=O)Nc1cccc(S(=O)Nc2cccc([C@H](CC(=O)O)NC)c2)c1. The van der Waals surface area contributed by atoms with Gasteiger partial charge < -0.3 is 25.8 Å². The van der Waals surface area contributed by atoms with Gasteiger partial charge >= 0.3 is 12.0 Å². The maximum Gasteiger partial charge on any atom is 0.319 e. The number of hydrogen-bond acceptors (Lipinski definition) is 4. The van der Waals surface area contributed by atoms with Crippen LogP contribution in [-0.2, 0) is 15.8 Å². The number of anilines is 2. The molecule has 1 unspecified atom stereocenters. The van der Waals surface area contributed by atoms with Gasteiger partial charge in [-0.15, -0.1) is 0 Å². The number of benzene rings is 2. The molecule has 0 heterocycles. The summed E-state index contributed by atoms with van der Waals surface area (Å²) in [5, 5.41) is 17.4. The fourth-order valence-electron chi connectivity index (χ4n) is 2.65. The summed E-state index contributed by atoms with van der Waals surface area (Å²) in [6.07, 6.45) is 0.776. The van der Waals surface area contributed by atoms with Crippen LogP contribution in [0.2, 0.25) is 0 Å². The molecular formula is C20H26N4O4S. The number of carboxylic acids is 1. The van der Waals surface area contributed by atoms with Crippen LogP contribution in [0.25, 0.3) is 0 Å². The Kier molecular flexibility index (Phi) is 8.63. The maximum atomic E-state index is 12.7. The van der Waals surface area contributed by atoms with E-state index in [9.17, 15) is 13.8 Å². The molecule has 156 valence electrons. The van der Waals surface area contributed by atoms with Gasteiger partial charge in [0.25, 0.3) is 0 Å². The molecule has 9 heteroatoms. The predicted molar refractivity (Wildman–Crippen MR) is 114 cm³/mol. The largest absolute Gasteiger partial charge is 0.481 e. The molecule has 0 aromatic heterocycles. The van der Waals surface area contributed by atoms with E-state index in [1.54, 1.807) is 49.5 Å². The second kappa shape index (κ2) is 11.2. The highest BCUT2D eigenvalue weighted by Crippen LogP contribution is 2.22. The Balaban J connectivity index is 2.08. The first-order valence-corrected chi connectivity index (χ1v) is 10.4. The summed E-state index contributed by atoms with van der Waals surface area (Å²) < 4.78 is 15.6. The Morgan fingerprint density at radius 3 is 2.52 bits per heavy atom. The van der Waals surface area contributed by atoms with Gasteiger partial charge in [0.15, 0.2) is 0 Å². The number of amides is 2. The quantitative estimate of drug-likeness (QED) is 0.406. The van der Waals surface area contributed by atoms with Crippen LogP contribution >= 0.6 is 0 Å². The molecule has 5 N–H and O–H groups in total. The topological polar surface area (TPSA) is 120 Å². The van der Waals surface area contributed by atoms with Crippen molar-refractivity contribution >= 4 is 34.4 Å². The number of rotatable bonds is 10. The summed E-state index contributed by atoms with van der Waals surface area (Å²) in [5.74, 6) is -0.904. The summed E-state index contributed by atoms with van der Waals surface area (Å²) in [7, 11) is 0.138. The van der Waals surface area contributed by atoms with Gasteiger partial charge in [-0.2, -0.15) is 0 Å². The van der Waals surface area contributed by atoms with Crippen LogP contribution in [0.5, 0.6) is 0 Å². The van der Waals surface area contributed by atoms with Crippen molar-refractivity contribution in [2.75, 3.05) is 23.6 Å². The van der Waals surface area contributed by atoms with Crippen molar-refractivity contribution in [3.05, 3.63) is 54.1 Å². The molecule has 0 aliphatic rings. The molecule has 2 atom stereocenters. The Morgan fingerprint density at radius 1 is 1.10 bits per heavy atom. The van der Waals surface area contributed by atoms with E-state index in [1.807, 2.05) is 13.0 Å². The number of hydrogen-bond donors (Lipinski definition) is 5. The van der Waals surface area contributed by atoms with Gasteiger partial charge in [-0.25, -0.2) is 9.00 Å². The zero-order valence-electron chi connectivity index (χ0n) is 16.4. The van der Waals surface area contributed by atoms with Crippen molar-refractivity contribution in [2.24, 2.45) is 0 Å². The summed E-state index contributed by atoms with van der Waals surface area (Å²) in [4.78, 5) is 23.3. The smallest absolute Gasteiger partial charge is 0.319 e. The first-order chi connectivity index (χ1) is 13.9. The van der Waals surface area contributed by atoms with Crippen LogP contribution in [0.4, 0.5) is 16.2 Å². The first kappa shape index (κ1) is 22.4. The molecule has 2 amide bonds. The molecule has 0 bridgehead atoms. The van der Waals surface area contributed by atoms with Crippen molar-refractivity contribution < 1.29 is 18.9 Å². The van der Waals surface area contributed by atoms with Gasteiger partial charge in [0, 0.05) is 24.0 Å². The average molecular weight is 419 g/mol. The molecule has 0 aliphatic carbocycles. The molecule has 2 aromatic rings. The minimum atomic E-state index is -1.56. The lowest BCUT2D eigenvalue weighted by Gasteiger charge is -2.16. The third-order valence-corrected chi connectivity index (χ3v) is 5.17. The molecule has 0 spiro atoms. The van der Waals surface area contributed by atoms with E-state index in [0.29, 0.717) is 22.8 Å². The molecule has 2 rings (SSSR count). The van der Waals surface area contributed by atoms with Crippen LogP contribution in [0.15, 0.2) is 53.4 Å². The Hall–Kier alpha value is -2.91. The number of aliphatic carboxylic acids is 1. The second-order valence-corrected chi connectivity index (χ2v) is 7.56. The number of nitrogens with one attached hydrogen (secondary N) is 4. The molecular weight excluding hydrogens is 392 g/mol. The van der Waals surface area contributed by atoms with Crippen LogP contribution in [0.1, 0.15) is 31.4 Å². The molecule has 0 fully saturated rings. The average Bonchev–Trinajstić information content (AvgIpc) is 2.70. The fraction of sp³-hybridized carbons (Fsp3) is 0.300. The van der Waals surface area contributed by atoms with Gasteiger partial charge in [-0.05, 0) is 49.4 Å². The Labute approximate surface area is 172 Å². The minimum Gasteiger partial charge on any atom is -0.481 e. The molecule has 0 saturated heterocycles. The second-order valence-electron chi connectivity index (χ2n) is 6.34. The molecule has 0 radical (unpaired) electrons. The van der Waals surface area contributed by atoms with Crippen molar-refractivity contribution in [1.82, 2.24) is 10.6 Å². The van der Waals surface area contributed by atoms with E-state index in [-0.39, 0.29) is 18.5 Å². The lowest BCUT2D eigenvalue weighted by molar-refractivity contribution is -0.137. The molecule has 8 nitrogen and oxygen atoms in total. The monoisotopic (exact) mass is 418 g/mol. The van der Waals surface area contributed by atoms with E-state index in [0.717, 1.165) is 12.0 Å². The Bertz CT molecular complexity index is 875. The summed E-state index contributed by atoms with van der Waals surface area (Å²) in [6.45, 7) is 2.54. The number of carboxylic acid groups (broad SMARTS) is 1. The zero-order chi connectivity index (χ0) is 21.2. The van der Waals surface area contributed by atoms with Crippen molar-refractivity contribution in [1.29, 1.82) is 0 Å². The van der Waals surface area contributed by atoms with E-state index in [1.165, 1.54) is 0 Å². The number of urea groups is 1. The van der Waals surface area contributed by atoms with E-state index in [2.05, 4.69) is 20.7 Å². The van der Waals surface area contributed by atoms with Crippen molar-refractivity contribution in [2.45, 2.75) is 30.7 Å². The summed E-state index contributed by atoms with van der Waals surface area (Å²) in [6, 6.07) is 13.2. The summed E-state index contributed by atoms with van der Waals surface area (Å²) >= 11 is 0. The third kappa shape index (κ3) is 7.20. The van der Waals surface area contributed by atoms with Gasteiger partial charge in [0.2, 0.25) is 0 Å². The van der Waals surface area contributed by atoms with E-state index >= 15 is 0 Å². The standard InChI is InChI=1S/C20H26N4O4S/c1-3-10-22-20(27)23-15-7-5-9-17(12-15)29(28)24-16-8-4-6-14(11-16)18(21-2)13-19(25)26/h4-9,11-12,18,21,24H,3,10,13H2,1-2H3,(H,25,26)(H2,22,23,27)/t18-,29?/m0/s1. The third-order valence-electron chi connectivity index (χ3n) is 4.07. The van der Waals surface area contributed by atoms with Crippen LogP contribution < -0.4 is 20.7 Å². The normalized spacial score (nSPS) is 12.6. The van der Waals surface area contributed by atoms with Crippen molar-refractivity contribution in [3.63, 3.8) is 0 Å². The van der Waals surface area contributed by atoms with Crippen LogP contribution in [0, 0.1) is 0 Å². The number of carbonyl (C=O) groups is 2. The number of carbonyl (C=O) groups excluding carboxylic acids is 1.